The van der Waals surface area contributed by atoms with Crippen molar-refractivity contribution >= 4 is 11.6 Å². The first-order valence-corrected chi connectivity index (χ1v) is 6.92. The van der Waals surface area contributed by atoms with Crippen molar-refractivity contribution in [2.75, 3.05) is 7.05 Å². The lowest BCUT2D eigenvalue weighted by molar-refractivity contribution is 0.818. The fourth-order valence-corrected chi connectivity index (χ4v) is 2.88. The predicted octanol–water partition coefficient (Wildman–Crippen LogP) is 4.65. The molecule has 2 rings (SSSR count). The Hall–Kier alpha value is -1.31. The first-order chi connectivity index (χ1) is 9.02. The van der Waals surface area contributed by atoms with Crippen molar-refractivity contribution in [3.63, 3.8) is 0 Å². The molecule has 1 nitrogen and oxygen atoms in total. The van der Waals surface area contributed by atoms with Gasteiger partial charge in [0.25, 0.3) is 0 Å². The molecule has 0 aliphatic rings. The minimum atomic E-state index is 0.788. The van der Waals surface area contributed by atoms with E-state index in [-0.39, 0.29) is 0 Å². The van der Waals surface area contributed by atoms with Gasteiger partial charge in [-0.3, -0.25) is 0 Å². The molecule has 2 aromatic carbocycles. The van der Waals surface area contributed by atoms with Crippen LogP contribution >= 0.6 is 11.6 Å². The van der Waals surface area contributed by atoms with E-state index in [1.54, 1.807) is 0 Å². The maximum Gasteiger partial charge on any atom is 0.0451 e. The molecule has 0 aliphatic heterocycles. The van der Waals surface area contributed by atoms with Gasteiger partial charge in [0.1, 0.15) is 0 Å². The van der Waals surface area contributed by atoms with Crippen molar-refractivity contribution in [1.82, 2.24) is 5.32 Å². The third-order valence-corrected chi connectivity index (χ3v) is 3.75. The van der Waals surface area contributed by atoms with Crippen LogP contribution in [0.1, 0.15) is 22.3 Å². The largest absolute Gasteiger partial charge is 0.316 e. The zero-order chi connectivity index (χ0) is 14.0. The van der Waals surface area contributed by atoms with Crippen molar-refractivity contribution < 1.29 is 0 Å². The summed E-state index contributed by atoms with van der Waals surface area (Å²) in [5, 5.41) is 3.98. The monoisotopic (exact) mass is 273 g/mol. The summed E-state index contributed by atoms with van der Waals surface area (Å²) in [5.41, 5.74) is 7.64. The predicted molar refractivity (Wildman–Crippen MR) is 83.9 cm³/mol. The minimum absolute atomic E-state index is 0.788. The second-order valence-electron chi connectivity index (χ2n) is 5.11. The highest BCUT2D eigenvalue weighted by molar-refractivity contribution is 6.31. The third-order valence-electron chi connectivity index (χ3n) is 3.38. The summed E-state index contributed by atoms with van der Waals surface area (Å²) in [6.45, 7) is 7.26. The van der Waals surface area contributed by atoms with Gasteiger partial charge in [-0.15, -0.1) is 0 Å². The molecule has 0 bridgehead atoms. The van der Waals surface area contributed by atoms with Gasteiger partial charge in [0.05, 0.1) is 0 Å². The molecule has 100 valence electrons. The molecule has 0 atom stereocenters. The van der Waals surface area contributed by atoms with Crippen molar-refractivity contribution in [2.24, 2.45) is 0 Å². The molecule has 0 aromatic heterocycles. The van der Waals surface area contributed by atoms with Crippen LogP contribution in [0.4, 0.5) is 0 Å². The van der Waals surface area contributed by atoms with Crippen LogP contribution in [0.15, 0.2) is 30.3 Å². The molecule has 0 radical (unpaired) electrons. The van der Waals surface area contributed by atoms with Crippen molar-refractivity contribution in [3.8, 4) is 11.1 Å². The molecular weight excluding hydrogens is 254 g/mol. The van der Waals surface area contributed by atoms with Crippen LogP contribution in [-0.2, 0) is 6.54 Å². The Morgan fingerprint density at radius 2 is 1.63 bits per heavy atom. The Kier molecular flexibility index (Phi) is 4.28. The number of hydrogen-bond acceptors (Lipinski definition) is 1. The maximum absolute atomic E-state index is 6.23. The number of hydrogen-bond donors (Lipinski definition) is 1. The fourth-order valence-electron chi connectivity index (χ4n) is 2.69. The van der Waals surface area contributed by atoms with Crippen molar-refractivity contribution in [3.05, 3.63) is 57.6 Å². The molecule has 1 N–H and O–H groups in total. The number of rotatable bonds is 3. The number of halogens is 1. The Labute approximate surface area is 120 Å². The Morgan fingerprint density at radius 3 is 2.21 bits per heavy atom. The van der Waals surface area contributed by atoms with E-state index in [4.69, 9.17) is 11.6 Å². The van der Waals surface area contributed by atoms with E-state index in [1.807, 2.05) is 13.1 Å². The first-order valence-electron chi connectivity index (χ1n) is 6.54. The Bertz CT molecular complexity index is 579. The third kappa shape index (κ3) is 2.99. The summed E-state index contributed by atoms with van der Waals surface area (Å²) in [5.74, 6) is 0. The van der Waals surface area contributed by atoms with Crippen molar-refractivity contribution in [2.45, 2.75) is 27.3 Å². The lowest BCUT2D eigenvalue weighted by atomic mass is 9.93. The Morgan fingerprint density at radius 1 is 1.00 bits per heavy atom. The molecular formula is C17H20ClN. The van der Waals surface area contributed by atoms with Crippen LogP contribution in [0.25, 0.3) is 11.1 Å². The van der Waals surface area contributed by atoms with Crippen LogP contribution in [0.3, 0.4) is 0 Å². The zero-order valence-corrected chi connectivity index (χ0v) is 12.7. The minimum Gasteiger partial charge on any atom is -0.316 e. The van der Waals surface area contributed by atoms with Crippen LogP contribution in [0.2, 0.25) is 5.02 Å². The molecule has 0 aliphatic carbocycles. The van der Waals surface area contributed by atoms with E-state index < -0.39 is 0 Å². The van der Waals surface area contributed by atoms with Gasteiger partial charge in [-0.25, -0.2) is 0 Å². The van der Waals surface area contributed by atoms with Gasteiger partial charge in [0.15, 0.2) is 0 Å². The van der Waals surface area contributed by atoms with Gasteiger partial charge in [-0.05, 0) is 67.8 Å². The molecule has 0 saturated heterocycles. The van der Waals surface area contributed by atoms with Gasteiger partial charge in [-0.2, -0.15) is 0 Å². The number of benzene rings is 2. The highest BCUT2D eigenvalue weighted by Crippen LogP contribution is 2.31. The SMILES string of the molecule is CNCc1cc(-c2c(C)cc(C)cc2C)ccc1Cl. The van der Waals surface area contributed by atoms with Crippen molar-refractivity contribution in [1.29, 1.82) is 0 Å². The van der Waals surface area contributed by atoms with Gasteiger partial charge >= 0.3 is 0 Å². The molecule has 2 aromatic rings. The maximum atomic E-state index is 6.23. The lowest BCUT2D eigenvalue weighted by Crippen LogP contribution is -2.05. The molecule has 0 amide bonds. The van der Waals surface area contributed by atoms with Gasteiger partial charge in [0, 0.05) is 11.6 Å². The smallest absolute Gasteiger partial charge is 0.0451 e. The quantitative estimate of drug-likeness (QED) is 0.858. The second-order valence-corrected chi connectivity index (χ2v) is 5.52. The molecule has 0 fully saturated rings. The topological polar surface area (TPSA) is 12.0 Å². The molecule has 0 spiro atoms. The van der Waals surface area contributed by atoms with E-state index >= 15 is 0 Å². The first kappa shape index (κ1) is 14.1. The standard InChI is InChI=1S/C17H20ClN/c1-11-7-12(2)17(13(3)8-11)14-5-6-16(18)15(9-14)10-19-4/h5-9,19H,10H2,1-4H3. The number of aryl methyl sites for hydroxylation is 3. The summed E-state index contributed by atoms with van der Waals surface area (Å²) in [4.78, 5) is 0. The average Bonchev–Trinajstić information content (AvgIpc) is 2.32. The summed E-state index contributed by atoms with van der Waals surface area (Å²) in [6, 6.07) is 10.7. The van der Waals surface area contributed by atoms with Gasteiger partial charge in [0.2, 0.25) is 0 Å². The summed E-state index contributed by atoms with van der Waals surface area (Å²) in [7, 11) is 1.94. The fraction of sp³-hybridized carbons (Fsp3) is 0.294. The van der Waals surface area contributed by atoms with Gasteiger partial charge in [-0.1, -0.05) is 35.4 Å². The van der Waals surface area contributed by atoms with Crippen LogP contribution in [0, 0.1) is 20.8 Å². The molecule has 19 heavy (non-hydrogen) atoms. The zero-order valence-electron chi connectivity index (χ0n) is 12.0. The van der Waals surface area contributed by atoms with E-state index in [0.717, 1.165) is 17.1 Å². The van der Waals surface area contributed by atoms with Crippen LogP contribution < -0.4 is 5.32 Å². The van der Waals surface area contributed by atoms with E-state index in [0.29, 0.717) is 0 Å². The van der Waals surface area contributed by atoms with Crippen LogP contribution in [-0.4, -0.2) is 7.05 Å². The molecule has 0 heterocycles. The van der Waals surface area contributed by atoms with E-state index in [1.165, 1.54) is 27.8 Å². The lowest BCUT2D eigenvalue weighted by Gasteiger charge is -2.13. The summed E-state index contributed by atoms with van der Waals surface area (Å²) in [6.07, 6.45) is 0. The van der Waals surface area contributed by atoms with Crippen LogP contribution in [0.5, 0.6) is 0 Å². The molecule has 2 heteroatoms. The van der Waals surface area contributed by atoms with E-state index in [2.05, 4.69) is 50.4 Å². The molecule has 0 unspecified atom stereocenters. The normalized spacial score (nSPS) is 10.8. The summed E-state index contributed by atoms with van der Waals surface area (Å²) >= 11 is 6.23. The van der Waals surface area contributed by atoms with Gasteiger partial charge < -0.3 is 5.32 Å². The molecule has 0 saturated carbocycles. The summed E-state index contributed by atoms with van der Waals surface area (Å²) < 4.78 is 0. The highest BCUT2D eigenvalue weighted by atomic mass is 35.5. The highest BCUT2D eigenvalue weighted by Gasteiger charge is 2.09. The van der Waals surface area contributed by atoms with E-state index in [9.17, 15) is 0 Å². The average molecular weight is 274 g/mol. The Balaban J connectivity index is 2.56. The number of nitrogens with one attached hydrogen (secondary N) is 1. The second kappa shape index (κ2) is 5.77.